The molecule has 0 saturated carbocycles. The molecule has 5 rings (SSSR count). The Morgan fingerprint density at radius 3 is 2.09 bits per heavy atom. The largest absolute Gasteiger partial charge is 0.491 e. The molecule has 2 saturated heterocycles. The number of rotatable bonds is 4. The summed E-state index contributed by atoms with van der Waals surface area (Å²) >= 11 is 0. The van der Waals surface area contributed by atoms with Gasteiger partial charge in [0.25, 0.3) is 0 Å². The van der Waals surface area contributed by atoms with Crippen LogP contribution in [0.5, 0.6) is 5.75 Å². The van der Waals surface area contributed by atoms with Crippen LogP contribution < -0.4 is 14.5 Å². The first-order chi connectivity index (χ1) is 16.9. The fourth-order valence-electron chi connectivity index (χ4n) is 4.08. The first-order valence-electron chi connectivity index (χ1n) is 11.1. The summed E-state index contributed by atoms with van der Waals surface area (Å²) in [6.07, 6.45) is -3.39. The number of ether oxygens (including phenoxy) is 3. The number of pyridine rings is 1. The van der Waals surface area contributed by atoms with E-state index in [2.05, 4.69) is 29.7 Å². The fraction of sp³-hybridized carbons (Fsp3) is 0.391. The third kappa shape index (κ3) is 4.98. The minimum atomic E-state index is -5.08. The highest BCUT2D eigenvalue weighted by Crippen LogP contribution is 2.34. The predicted octanol–water partition coefficient (Wildman–Crippen LogP) is 2.83. The average molecular weight is 489 g/mol. The lowest BCUT2D eigenvalue weighted by atomic mass is 10.1. The lowest BCUT2D eigenvalue weighted by Crippen LogP contribution is -2.38. The van der Waals surface area contributed by atoms with E-state index < -0.39 is 12.1 Å². The van der Waals surface area contributed by atoms with Gasteiger partial charge in [0.1, 0.15) is 5.75 Å². The van der Waals surface area contributed by atoms with E-state index in [1.54, 1.807) is 12.3 Å². The van der Waals surface area contributed by atoms with E-state index in [4.69, 9.17) is 9.47 Å². The number of halogens is 3. The van der Waals surface area contributed by atoms with Gasteiger partial charge in [0.15, 0.2) is 11.6 Å². The SMILES string of the molecule is O=C(Oc1cccc(-c2cc3c(N4CCOCC4)nnc(N4CCOCC4)c3cn2)c1)C(F)(F)F. The second-order valence-electron chi connectivity index (χ2n) is 8.08. The van der Waals surface area contributed by atoms with Crippen LogP contribution in [0.1, 0.15) is 0 Å². The van der Waals surface area contributed by atoms with Crippen LogP contribution in [0.15, 0.2) is 36.5 Å². The molecule has 12 heteroatoms. The number of morpholine rings is 2. The Kier molecular flexibility index (Phi) is 6.39. The number of hydrogen-bond acceptors (Lipinski definition) is 9. The van der Waals surface area contributed by atoms with Crippen molar-refractivity contribution in [3.05, 3.63) is 36.5 Å². The molecule has 9 nitrogen and oxygen atoms in total. The maximum absolute atomic E-state index is 12.6. The quantitative estimate of drug-likeness (QED) is 0.405. The first kappa shape index (κ1) is 23.2. The van der Waals surface area contributed by atoms with E-state index >= 15 is 0 Å². The van der Waals surface area contributed by atoms with Gasteiger partial charge in [-0.05, 0) is 18.2 Å². The van der Waals surface area contributed by atoms with Gasteiger partial charge in [-0.15, -0.1) is 10.2 Å². The molecule has 184 valence electrons. The highest BCUT2D eigenvalue weighted by molar-refractivity contribution is 6.00. The lowest BCUT2D eigenvalue weighted by molar-refractivity contribution is -0.189. The Morgan fingerprint density at radius 2 is 1.49 bits per heavy atom. The summed E-state index contributed by atoms with van der Waals surface area (Å²) in [5, 5.41) is 10.7. The van der Waals surface area contributed by atoms with Crippen LogP contribution in [0, 0.1) is 0 Å². The van der Waals surface area contributed by atoms with Crippen molar-refractivity contribution in [2.75, 3.05) is 62.4 Å². The van der Waals surface area contributed by atoms with Gasteiger partial charge in [-0.1, -0.05) is 12.1 Å². The number of benzene rings is 1. The molecular formula is C23H22F3N5O4. The van der Waals surface area contributed by atoms with Gasteiger partial charge in [-0.2, -0.15) is 13.2 Å². The standard InChI is InChI=1S/C23H22F3N5O4/c24-23(25,26)22(32)35-16-3-1-2-15(12-16)19-13-17-18(14-27-19)21(31-6-10-34-11-7-31)29-28-20(17)30-4-8-33-9-5-30/h1-3,12-14H,4-11H2. The van der Waals surface area contributed by atoms with Gasteiger partial charge in [-0.25, -0.2) is 4.79 Å². The van der Waals surface area contributed by atoms with Crippen molar-refractivity contribution < 1.29 is 32.2 Å². The zero-order valence-corrected chi connectivity index (χ0v) is 18.6. The van der Waals surface area contributed by atoms with E-state index in [9.17, 15) is 18.0 Å². The average Bonchev–Trinajstić information content (AvgIpc) is 2.88. The van der Waals surface area contributed by atoms with Crippen LogP contribution in [-0.2, 0) is 14.3 Å². The molecule has 3 aromatic rings. The molecule has 0 N–H and O–H groups in total. The van der Waals surface area contributed by atoms with Gasteiger partial charge < -0.3 is 24.0 Å². The molecule has 0 amide bonds. The number of esters is 1. The van der Waals surface area contributed by atoms with E-state index in [0.717, 1.165) is 10.8 Å². The molecule has 2 aliphatic heterocycles. The van der Waals surface area contributed by atoms with Gasteiger partial charge in [0, 0.05) is 48.7 Å². The van der Waals surface area contributed by atoms with Crippen LogP contribution in [0.2, 0.25) is 0 Å². The number of aromatic nitrogens is 3. The number of nitrogens with zero attached hydrogens (tertiary/aromatic N) is 5. The van der Waals surface area contributed by atoms with Gasteiger partial charge in [0.2, 0.25) is 0 Å². The monoisotopic (exact) mass is 489 g/mol. The van der Waals surface area contributed by atoms with Crippen molar-refractivity contribution in [1.29, 1.82) is 0 Å². The van der Waals surface area contributed by atoms with Crippen LogP contribution in [-0.4, -0.2) is 79.9 Å². The summed E-state index contributed by atoms with van der Waals surface area (Å²) in [6, 6.07) is 7.67. The minimum Gasteiger partial charge on any atom is -0.420 e. The molecule has 0 spiro atoms. The van der Waals surface area contributed by atoms with Crippen molar-refractivity contribution in [3.8, 4) is 17.0 Å². The van der Waals surface area contributed by atoms with Crippen molar-refractivity contribution in [1.82, 2.24) is 15.2 Å². The smallest absolute Gasteiger partial charge is 0.420 e. The maximum atomic E-state index is 12.6. The minimum absolute atomic E-state index is 0.220. The zero-order valence-electron chi connectivity index (χ0n) is 18.6. The van der Waals surface area contributed by atoms with Crippen molar-refractivity contribution in [2.45, 2.75) is 6.18 Å². The molecule has 35 heavy (non-hydrogen) atoms. The number of alkyl halides is 3. The second kappa shape index (κ2) is 9.62. The molecule has 0 radical (unpaired) electrons. The topological polar surface area (TPSA) is 89.9 Å². The van der Waals surface area contributed by atoms with Crippen molar-refractivity contribution >= 4 is 28.4 Å². The third-order valence-electron chi connectivity index (χ3n) is 5.82. The number of carbonyl (C=O) groups excluding carboxylic acids is 1. The molecular weight excluding hydrogens is 467 g/mol. The lowest BCUT2D eigenvalue weighted by Gasteiger charge is -2.31. The van der Waals surface area contributed by atoms with Crippen LogP contribution in [0.3, 0.4) is 0 Å². The predicted molar refractivity (Wildman–Crippen MR) is 121 cm³/mol. The highest BCUT2D eigenvalue weighted by Gasteiger charge is 2.41. The summed E-state index contributed by atoms with van der Waals surface area (Å²) < 4.78 is 53.3. The number of hydrogen-bond donors (Lipinski definition) is 0. The Labute approximate surface area is 198 Å². The van der Waals surface area contributed by atoms with Gasteiger partial charge in [-0.3, -0.25) is 4.98 Å². The zero-order chi connectivity index (χ0) is 24.4. The van der Waals surface area contributed by atoms with Crippen LogP contribution in [0.4, 0.5) is 24.8 Å². The summed E-state index contributed by atoms with van der Waals surface area (Å²) in [6.45, 7) is 4.97. The maximum Gasteiger partial charge on any atom is 0.491 e. The molecule has 0 aliphatic carbocycles. The molecule has 4 heterocycles. The highest BCUT2D eigenvalue weighted by atomic mass is 19.4. The Bertz CT molecular complexity index is 1230. The van der Waals surface area contributed by atoms with Crippen molar-refractivity contribution in [2.24, 2.45) is 0 Å². The van der Waals surface area contributed by atoms with E-state index in [1.165, 1.54) is 18.2 Å². The van der Waals surface area contributed by atoms with Gasteiger partial charge in [0.05, 0.1) is 32.1 Å². The third-order valence-corrected chi connectivity index (χ3v) is 5.82. The normalized spacial score (nSPS) is 17.0. The second-order valence-corrected chi connectivity index (χ2v) is 8.08. The molecule has 0 atom stereocenters. The van der Waals surface area contributed by atoms with E-state index in [-0.39, 0.29) is 5.75 Å². The van der Waals surface area contributed by atoms with Gasteiger partial charge >= 0.3 is 12.1 Å². The summed E-state index contributed by atoms with van der Waals surface area (Å²) in [5.41, 5.74) is 0.995. The molecule has 0 unspecified atom stereocenters. The summed E-state index contributed by atoms with van der Waals surface area (Å²) in [7, 11) is 0. The molecule has 1 aromatic carbocycles. The van der Waals surface area contributed by atoms with E-state index in [1.807, 2.05) is 6.07 Å². The molecule has 2 fully saturated rings. The number of carbonyl (C=O) groups is 1. The fourth-order valence-corrected chi connectivity index (χ4v) is 4.08. The Hall–Kier alpha value is -3.51. The number of anilines is 2. The summed E-state index contributed by atoms with van der Waals surface area (Å²) in [5.74, 6) is -1.11. The summed E-state index contributed by atoms with van der Waals surface area (Å²) in [4.78, 5) is 20.0. The Morgan fingerprint density at radius 1 is 0.886 bits per heavy atom. The molecule has 2 aliphatic rings. The number of fused-ring (bicyclic) bond motifs is 1. The van der Waals surface area contributed by atoms with Crippen LogP contribution >= 0.6 is 0 Å². The Balaban J connectivity index is 1.56. The molecule has 0 bridgehead atoms. The van der Waals surface area contributed by atoms with Crippen molar-refractivity contribution in [3.63, 3.8) is 0 Å². The molecule has 2 aromatic heterocycles. The van der Waals surface area contributed by atoms with Crippen LogP contribution in [0.25, 0.3) is 22.0 Å². The first-order valence-corrected chi connectivity index (χ1v) is 11.1. The van der Waals surface area contributed by atoms with E-state index in [0.29, 0.717) is 75.5 Å².